The van der Waals surface area contributed by atoms with Gasteiger partial charge < -0.3 is 10.1 Å². The van der Waals surface area contributed by atoms with Crippen molar-refractivity contribution in [2.24, 2.45) is 0 Å². The number of Topliss-reactive ketones (excluding diaryl/α,β-unsaturated/α-hetero) is 1. The normalized spacial score (nSPS) is 14.4. The minimum atomic E-state index is -0.989. The van der Waals surface area contributed by atoms with E-state index in [2.05, 4.69) is 15.6 Å². The van der Waals surface area contributed by atoms with E-state index in [-0.39, 0.29) is 30.2 Å². The molecule has 212 valence electrons. The first kappa shape index (κ1) is 28.0. The quantitative estimate of drug-likeness (QED) is 0.269. The number of hydrogen-bond acceptors (Lipinski definition) is 6. The van der Waals surface area contributed by atoms with Gasteiger partial charge in [-0.1, -0.05) is 60.9 Å². The summed E-state index contributed by atoms with van der Waals surface area (Å²) in [6.07, 6.45) is 5.08. The second-order valence-corrected chi connectivity index (χ2v) is 10.4. The van der Waals surface area contributed by atoms with E-state index in [9.17, 15) is 14.4 Å². The van der Waals surface area contributed by atoms with E-state index in [0.717, 1.165) is 32.1 Å². The molecule has 41 heavy (non-hydrogen) atoms. The van der Waals surface area contributed by atoms with Gasteiger partial charge in [0.25, 0.3) is 0 Å². The van der Waals surface area contributed by atoms with Crippen molar-refractivity contribution < 1.29 is 19.1 Å². The van der Waals surface area contributed by atoms with Gasteiger partial charge in [-0.2, -0.15) is 0 Å². The molecule has 0 bridgehead atoms. The number of nitrogens with one attached hydrogen (secondary N) is 1. The monoisotopic (exact) mass is 553 g/mol. The second-order valence-electron chi connectivity index (χ2n) is 10.4. The van der Waals surface area contributed by atoms with Crippen LogP contribution in [-0.4, -0.2) is 45.2 Å². The maximum Gasteiger partial charge on any atom is 0.249 e. The number of fused-ring (bicyclic) bond motifs is 1. The molecule has 0 unspecified atom stereocenters. The van der Waals surface area contributed by atoms with Crippen molar-refractivity contribution in [1.29, 1.82) is 0 Å². The van der Waals surface area contributed by atoms with Crippen LogP contribution in [-0.2, 0) is 16.1 Å². The smallest absolute Gasteiger partial charge is 0.249 e. The molecule has 1 aliphatic carbocycles. The summed E-state index contributed by atoms with van der Waals surface area (Å²) in [4.78, 5) is 42.2. The van der Waals surface area contributed by atoms with Gasteiger partial charge in [-0.3, -0.25) is 19.3 Å². The standard InChI is InChI=1S/C32H35N5O4/c1-3-41-27-18-16-23(17-19-27)31(32(40)33-25-11-5-4-6-12-25)37(26-13-9-10-24(20-26)22(2)38)30(39)21-36-29-15-8-7-14-28(29)34-35-36/h7-10,13-20,25,31H,3-6,11-12,21H2,1-2H3,(H,33,40)/t31-/m0/s1. The largest absolute Gasteiger partial charge is 0.494 e. The highest BCUT2D eigenvalue weighted by Gasteiger charge is 2.35. The molecule has 1 aliphatic rings. The van der Waals surface area contributed by atoms with Crippen LogP contribution in [0.5, 0.6) is 5.75 Å². The SMILES string of the molecule is CCOc1ccc([C@@H](C(=O)NC2CCCCC2)N(C(=O)Cn2nnc3ccccc32)c2cccc(C(C)=O)c2)cc1. The number of carbonyl (C=O) groups excluding carboxylic acids is 3. The number of nitrogens with zero attached hydrogens (tertiary/aromatic N) is 4. The van der Waals surface area contributed by atoms with Gasteiger partial charge in [-0.25, -0.2) is 4.68 Å². The molecule has 0 radical (unpaired) electrons. The Kier molecular flexibility index (Phi) is 8.72. The number of ketones is 1. The second kappa shape index (κ2) is 12.8. The van der Waals surface area contributed by atoms with Crippen molar-refractivity contribution in [2.75, 3.05) is 11.5 Å². The zero-order valence-electron chi connectivity index (χ0n) is 23.5. The highest BCUT2D eigenvalue weighted by Crippen LogP contribution is 2.31. The maximum absolute atomic E-state index is 14.3. The molecule has 1 fully saturated rings. The first-order chi connectivity index (χ1) is 19.9. The lowest BCUT2D eigenvalue weighted by atomic mass is 9.94. The van der Waals surface area contributed by atoms with Crippen LogP contribution in [0.3, 0.4) is 0 Å². The van der Waals surface area contributed by atoms with Crippen molar-refractivity contribution in [3.8, 4) is 5.75 Å². The Labute approximate surface area is 239 Å². The van der Waals surface area contributed by atoms with Gasteiger partial charge in [0.15, 0.2) is 5.78 Å². The van der Waals surface area contributed by atoms with Crippen molar-refractivity contribution in [3.63, 3.8) is 0 Å². The van der Waals surface area contributed by atoms with Crippen molar-refractivity contribution in [1.82, 2.24) is 20.3 Å². The van der Waals surface area contributed by atoms with E-state index < -0.39 is 6.04 Å². The van der Waals surface area contributed by atoms with E-state index in [0.29, 0.717) is 40.2 Å². The number of para-hydroxylation sites is 1. The van der Waals surface area contributed by atoms with Crippen LogP contribution in [0.1, 0.15) is 67.9 Å². The van der Waals surface area contributed by atoms with Crippen LogP contribution < -0.4 is 15.0 Å². The topological polar surface area (TPSA) is 106 Å². The van der Waals surface area contributed by atoms with Crippen molar-refractivity contribution in [2.45, 2.75) is 64.6 Å². The molecule has 0 aliphatic heterocycles. The molecule has 0 saturated heterocycles. The lowest BCUT2D eigenvalue weighted by Gasteiger charge is -2.33. The Morgan fingerprint density at radius 3 is 2.49 bits per heavy atom. The number of aromatic nitrogens is 3. The summed E-state index contributed by atoms with van der Waals surface area (Å²) >= 11 is 0. The fourth-order valence-corrected chi connectivity index (χ4v) is 5.41. The Balaban J connectivity index is 1.59. The van der Waals surface area contributed by atoms with Crippen LogP contribution in [0.15, 0.2) is 72.8 Å². The van der Waals surface area contributed by atoms with Crippen molar-refractivity contribution >= 4 is 34.3 Å². The molecule has 1 heterocycles. The summed E-state index contributed by atoms with van der Waals surface area (Å²) in [5.74, 6) is -0.0934. The molecule has 1 saturated carbocycles. The number of carbonyl (C=O) groups is 3. The number of benzene rings is 3. The molecule has 9 heteroatoms. The fourth-order valence-electron chi connectivity index (χ4n) is 5.41. The average molecular weight is 554 g/mol. The predicted molar refractivity (Wildman–Crippen MR) is 157 cm³/mol. The zero-order chi connectivity index (χ0) is 28.8. The van der Waals surface area contributed by atoms with Crippen molar-refractivity contribution in [3.05, 3.63) is 83.9 Å². The van der Waals surface area contributed by atoms with E-state index in [1.54, 1.807) is 36.4 Å². The van der Waals surface area contributed by atoms with Gasteiger partial charge in [0.05, 0.1) is 12.1 Å². The molecule has 4 aromatic rings. The molecule has 2 amide bonds. The number of anilines is 1. The van der Waals surface area contributed by atoms with E-state index in [4.69, 9.17) is 4.74 Å². The number of ether oxygens (including phenoxy) is 1. The first-order valence-corrected chi connectivity index (χ1v) is 14.2. The predicted octanol–water partition coefficient (Wildman–Crippen LogP) is 5.26. The summed E-state index contributed by atoms with van der Waals surface area (Å²) in [5, 5.41) is 11.6. The third kappa shape index (κ3) is 6.45. The van der Waals surface area contributed by atoms with E-state index in [1.807, 2.05) is 43.3 Å². The lowest BCUT2D eigenvalue weighted by molar-refractivity contribution is -0.127. The third-order valence-electron chi connectivity index (χ3n) is 7.47. The molecular formula is C32H35N5O4. The van der Waals surface area contributed by atoms with Gasteiger partial charge in [0, 0.05) is 17.3 Å². The summed E-state index contributed by atoms with van der Waals surface area (Å²) in [7, 11) is 0. The van der Waals surface area contributed by atoms with Gasteiger partial charge >= 0.3 is 0 Å². The molecule has 9 nitrogen and oxygen atoms in total. The van der Waals surface area contributed by atoms with Gasteiger partial charge in [-0.05, 0) is 68.7 Å². The fraction of sp³-hybridized carbons (Fsp3) is 0.344. The average Bonchev–Trinajstić information content (AvgIpc) is 3.39. The molecular weight excluding hydrogens is 518 g/mol. The van der Waals surface area contributed by atoms with Gasteiger partial charge in [0.2, 0.25) is 11.8 Å². The van der Waals surface area contributed by atoms with Gasteiger partial charge in [-0.15, -0.1) is 5.10 Å². The Bertz CT molecular complexity index is 1520. The Hall–Kier alpha value is -4.53. The summed E-state index contributed by atoms with van der Waals surface area (Å²) in [5.41, 5.74) is 2.91. The summed E-state index contributed by atoms with van der Waals surface area (Å²) in [6, 6.07) is 20.5. The first-order valence-electron chi connectivity index (χ1n) is 14.2. The Morgan fingerprint density at radius 1 is 1.00 bits per heavy atom. The summed E-state index contributed by atoms with van der Waals surface area (Å²) in [6.45, 7) is 3.76. The zero-order valence-corrected chi connectivity index (χ0v) is 23.5. The van der Waals surface area contributed by atoms with Crippen LogP contribution in [0.2, 0.25) is 0 Å². The van der Waals surface area contributed by atoms with Crippen LogP contribution >= 0.6 is 0 Å². The minimum absolute atomic E-state index is 0.0428. The molecule has 1 aromatic heterocycles. The minimum Gasteiger partial charge on any atom is -0.494 e. The number of amides is 2. The Morgan fingerprint density at radius 2 is 1.76 bits per heavy atom. The molecule has 1 N–H and O–H groups in total. The molecule has 1 atom stereocenters. The van der Waals surface area contributed by atoms with Crippen LogP contribution in [0, 0.1) is 0 Å². The number of rotatable bonds is 10. The van der Waals surface area contributed by atoms with E-state index in [1.165, 1.54) is 16.5 Å². The lowest BCUT2D eigenvalue weighted by Crippen LogP contribution is -2.48. The molecule has 0 spiro atoms. The highest BCUT2D eigenvalue weighted by atomic mass is 16.5. The molecule has 5 rings (SSSR count). The summed E-state index contributed by atoms with van der Waals surface area (Å²) < 4.78 is 7.17. The third-order valence-corrected chi connectivity index (χ3v) is 7.47. The maximum atomic E-state index is 14.3. The van der Waals surface area contributed by atoms with E-state index >= 15 is 0 Å². The van der Waals surface area contributed by atoms with Crippen LogP contribution in [0.25, 0.3) is 11.0 Å². The number of hydrogen-bond donors (Lipinski definition) is 1. The molecule has 3 aromatic carbocycles. The highest BCUT2D eigenvalue weighted by molar-refractivity contribution is 6.03. The van der Waals surface area contributed by atoms with Gasteiger partial charge in [0.1, 0.15) is 23.9 Å². The van der Waals surface area contributed by atoms with Crippen LogP contribution in [0.4, 0.5) is 5.69 Å².